The molecule has 9 unspecified atom stereocenters. The highest BCUT2D eigenvalue weighted by Gasteiger charge is 2.44. The molecule has 0 aromatic carbocycles. The van der Waals surface area contributed by atoms with Crippen molar-refractivity contribution in [1.82, 2.24) is 5.32 Å². The van der Waals surface area contributed by atoms with E-state index in [0.717, 1.165) is 38.5 Å². The molecule has 0 saturated carbocycles. The number of carbonyl (C=O) groups excluding carboxylic acids is 1. The van der Waals surface area contributed by atoms with E-state index in [1.54, 1.807) is 0 Å². The summed E-state index contributed by atoms with van der Waals surface area (Å²) in [5.41, 5.74) is 0. The summed E-state index contributed by atoms with van der Waals surface area (Å²) >= 11 is 0. The largest absolute Gasteiger partial charge is 0.394 e. The fourth-order valence-electron chi connectivity index (χ4n) is 8.05. The van der Waals surface area contributed by atoms with Gasteiger partial charge in [0.15, 0.2) is 6.29 Å². The van der Waals surface area contributed by atoms with Crippen molar-refractivity contribution in [3.8, 4) is 0 Å². The summed E-state index contributed by atoms with van der Waals surface area (Å²) in [5.74, 6) is -0.710. The van der Waals surface area contributed by atoms with Crippen molar-refractivity contribution in [3.05, 3.63) is 24.3 Å². The smallest absolute Gasteiger partial charge is 0.249 e. The Labute approximate surface area is 372 Å². The predicted octanol–water partition coefficient (Wildman–Crippen LogP) is 9.01. The Morgan fingerprint density at radius 1 is 0.557 bits per heavy atom. The van der Waals surface area contributed by atoms with Crippen LogP contribution in [0, 0.1) is 0 Å². The van der Waals surface area contributed by atoms with Crippen molar-refractivity contribution < 1.29 is 50.0 Å². The van der Waals surface area contributed by atoms with Crippen molar-refractivity contribution in [2.24, 2.45) is 0 Å². The summed E-state index contributed by atoms with van der Waals surface area (Å²) in [4.78, 5) is 13.1. The molecule has 360 valence electrons. The minimum atomic E-state index is -1.67. The van der Waals surface area contributed by atoms with Crippen LogP contribution in [0.3, 0.4) is 0 Å². The number of amides is 1. The van der Waals surface area contributed by atoms with Gasteiger partial charge in [0.1, 0.15) is 36.6 Å². The van der Waals surface area contributed by atoms with E-state index >= 15 is 0 Å². The molecule has 1 aliphatic heterocycles. The lowest BCUT2D eigenvalue weighted by molar-refractivity contribution is -0.303. The molecule has 0 bridgehead atoms. The molecule has 1 heterocycles. The third kappa shape index (κ3) is 29.6. The summed E-state index contributed by atoms with van der Waals surface area (Å²) in [6.45, 7) is 3.43. The molecule has 0 aromatic rings. The van der Waals surface area contributed by atoms with E-state index in [-0.39, 0.29) is 12.8 Å². The highest BCUT2D eigenvalue weighted by Crippen LogP contribution is 2.23. The second-order valence-corrected chi connectivity index (χ2v) is 17.9. The van der Waals surface area contributed by atoms with Crippen LogP contribution in [0.25, 0.3) is 0 Å². The fraction of sp³-hybridized carbons (Fsp3) is 0.900. The van der Waals surface area contributed by atoms with Gasteiger partial charge in [0, 0.05) is 0 Å². The average Bonchev–Trinajstić information content (AvgIpc) is 3.26. The van der Waals surface area contributed by atoms with Crippen molar-refractivity contribution in [1.29, 1.82) is 0 Å². The van der Waals surface area contributed by atoms with Crippen LogP contribution in [0.4, 0.5) is 0 Å². The topological polar surface area (TPSA) is 189 Å². The Morgan fingerprint density at radius 3 is 1.46 bits per heavy atom. The molecule has 11 nitrogen and oxygen atoms in total. The zero-order chi connectivity index (χ0) is 44.8. The normalized spacial score (nSPS) is 21.6. The first-order valence-corrected chi connectivity index (χ1v) is 25.2. The SMILES string of the molecule is CCCCCCCCCCCCCC/C=C/CC/C=C/CCCC(O)C(O)C(COC1OC(CO)C(O)C(O)C1O)NC(=O)C(O)CCCCCCCCCCCCCCC. The highest BCUT2D eigenvalue weighted by molar-refractivity contribution is 5.80. The second-order valence-electron chi connectivity index (χ2n) is 17.9. The molecule has 1 rings (SSSR count). The summed E-state index contributed by atoms with van der Waals surface area (Å²) in [5, 5.41) is 75.7. The number of nitrogens with one attached hydrogen (secondary N) is 1. The molecule has 0 aliphatic carbocycles. The standard InChI is InChI=1S/C50H95NO10/c1-3-5-7-9-11-13-15-17-18-19-20-21-22-23-24-26-27-29-31-33-35-37-42(53)45(55)41(40-60-50-48(58)47(57)46(56)44(39-52)61-50)51-49(59)43(54)38-36-34-32-30-28-25-16-14-12-10-8-6-4-2/h23-24,29,31,41-48,50,52-58H,3-22,25-28,30,32-40H2,1-2H3,(H,51,59)/b24-23+,31-29+. The van der Waals surface area contributed by atoms with Crippen LogP contribution < -0.4 is 5.32 Å². The van der Waals surface area contributed by atoms with E-state index in [9.17, 15) is 40.5 Å². The van der Waals surface area contributed by atoms with Crippen molar-refractivity contribution in [2.75, 3.05) is 13.2 Å². The minimum absolute atomic E-state index is 0.248. The molecule has 11 heteroatoms. The lowest BCUT2D eigenvalue weighted by Gasteiger charge is -2.40. The number of aliphatic hydroxyl groups is 7. The average molecular weight is 870 g/mol. The molecule has 0 spiro atoms. The summed E-state index contributed by atoms with van der Waals surface area (Å²) < 4.78 is 11.1. The van der Waals surface area contributed by atoms with E-state index in [0.29, 0.717) is 19.3 Å². The summed E-state index contributed by atoms with van der Waals surface area (Å²) in [6, 6.07) is -1.19. The summed E-state index contributed by atoms with van der Waals surface area (Å²) in [6.07, 6.45) is 33.7. The molecule has 9 atom stereocenters. The van der Waals surface area contributed by atoms with Crippen LogP contribution in [0.5, 0.6) is 0 Å². The van der Waals surface area contributed by atoms with Crippen LogP contribution >= 0.6 is 0 Å². The molecular weight excluding hydrogens is 775 g/mol. The lowest BCUT2D eigenvalue weighted by Crippen LogP contribution is -2.60. The minimum Gasteiger partial charge on any atom is -0.394 e. The number of ether oxygens (including phenoxy) is 2. The maximum Gasteiger partial charge on any atom is 0.249 e. The lowest BCUT2D eigenvalue weighted by atomic mass is 9.98. The first-order valence-electron chi connectivity index (χ1n) is 25.2. The van der Waals surface area contributed by atoms with Gasteiger partial charge in [-0.25, -0.2) is 0 Å². The number of rotatable bonds is 42. The van der Waals surface area contributed by atoms with Gasteiger partial charge in [-0.1, -0.05) is 192 Å². The van der Waals surface area contributed by atoms with Gasteiger partial charge in [-0.2, -0.15) is 0 Å². The van der Waals surface area contributed by atoms with Gasteiger partial charge in [-0.05, 0) is 51.4 Å². The molecule has 1 fully saturated rings. The first kappa shape index (κ1) is 57.6. The number of unbranched alkanes of at least 4 members (excludes halogenated alkanes) is 26. The Bertz CT molecular complexity index is 1040. The first-order chi connectivity index (χ1) is 29.7. The van der Waals surface area contributed by atoms with Gasteiger partial charge >= 0.3 is 0 Å². The van der Waals surface area contributed by atoms with Crippen molar-refractivity contribution in [2.45, 2.75) is 274 Å². The number of aliphatic hydroxyl groups excluding tert-OH is 7. The van der Waals surface area contributed by atoms with Gasteiger partial charge in [-0.3, -0.25) is 4.79 Å². The van der Waals surface area contributed by atoms with Crippen LogP contribution in [-0.4, -0.2) is 110 Å². The van der Waals surface area contributed by atoms with Crippen LogP contribution in [0.15, 0.2) is 24.3 Å². The number of allylic oxidation sites excluding steroid dienone is 4. The third-order valence-corrected chi connectivity index (χ3v) is 12.2. The second kappa shape index (κ2) is 40.1. The van der Waals surface area contributed by atoms with Crippen molar-refractivity contribution in [3.63, 3.8) is 0 Å². The zero-order valence-corrected chi connectivity index (χ0v) is 38.9. The van der Waals surface area contributed by atoms with E-state index < -0.39 is 74.2 Å². The Balaban J connectivity index is 2.42. The molecule has 61 heavy (non-hydrogen) atoms. The van der Waals surface area contributed by atoms with E-state index in [4.69, 9.17) is 9.47 Å². The van der Waals surface area contributed by atoms with Gasteiger partial charge < -0.3 is 50.5 Å². The van der Waals surface area contributed by atoms with Gasteiger partial charge in [0.25, 0.3) is 0 Å². The number of hydrogen-bond acceptors (Lipinski definition) is 10. The Hall–Kier alpha value is -1.41. The molecule has 1 aliphatic rings. The molecule has 1 saturated heterocycles. The van der Waals surface area contributed by atoms with Gasteiger partial charge in [0.2, 0.25) is 5.91 Å². The number of hydrogen-bond donors (Lipinski definition) is 8. The Morgan fingerprint density at radius 2 is 0.984 bits per heavy atom. The summed E-state index contributed by atoms with van der Waals surface area (Å²) in [7, 11) is 0. The molecule has 0 radical (unpaired) electrons. The maximum atomic E-state index is 13.1. The maximum absolute atomic E-state index is 13.1. The monoisotopic (exact) mass is 870 g/mol. The van der Waals surface area contributed by atoms with E-state index in [2.05, 4.69) is 43.5 Å². The van der Waals surface area contributed by atoms with Crippen LogP contribution in [-0.2, 0) is 14.3 Å². The highest BCUT2D eigenvalue weighted by atomic mass is 16.7. The third-order valence-electron chi connectivity index (χ3n) is 12.2. The van der Waals surface area contributed by atoms with Gasteiger partial charge in [0.05, 0.1) is 25.4 Å². The molecule has 8 N–H and O–H groups in total. The van der Waals surface area contributed by atoms with Crippen LogP contribution in [0.1, 0.15) is 219 Å². The molecule has 1 amide bonds. The Kier molecular flexibility index (Phi) is 37.9. The zero-order valence-electron chi connectivity index (χ0n) is 38.9. The van der Waals surface area contributed by atoms with E-state index in [1.807, 2.05) is 0 Å². The van der Waals surface area contributed by atoms with Crippen LogP contribution in [0.2, 0.25) is 0 Å². The number of carbonyl (C=O) groups is 1. The molecular formula is C50H95NO10. The quantitative estimate of drug-likeness (QED) is 0.0217. The molecule has 0 aromatic heterocycles. The van der Waals surface area contributed by atoms with E-state index in [1.165, 1.54) is 135 Å². The fourth-order valence-corrected chi connectivity index (χ4v) is 8.05. The predicted molar refractivity (Wildman–Crippen MR) is 247 cm³/mol. The van der Waals surface area contributed by atoms with Crippen molar-refractivity contribution >= 4 is 5.91 Å². The van der Waals surface area contributed by atoms with Gasteiger partial charge in [-0.15, -0.1) is 0 Å².